The molecule has 4 heteroatoms. The first-order valence-corrected chi connectivity index (χ1v) is 8.70. The van der Waals surface area contributed by atoms with Crippen LogP contribution in [0.15, 0.2) is 66.4 Å². The zero-order valence-electron chi connectivity index (χ0n) is 13.0. The van der Waals surface area contributed by atoms with Crippen LogP contribution in [0.4, 0.5) is 0 Å². The van der Waals surface area contributed by atoms with Crippen molar-refractivity contribution < 1.29 is 14.6 Å². The lowest BCUT2D eigenvalue weighted by Crippen LogP contribution is -1.97. The van der Waals surface area contributed by atoms with Crippen molar-refractivity contribution in [1.29, 1.82) is 0 Å². The molecule has 4 aromatic rings. The zero-order valence-corrected chi connectivity index (χ0v) is 13.8. The van der Waals surface area contributed by atoms with Crippen molar-refractivity contribution in [1.82, 2.24) is 0 Å². The molecule has 0 saturated carbocycles. The number of rotatable bonds is 1. The normalized spacial score (nSPS) is 15.0. The summed E-state index contributed by atoms with van der Waals surface area (Å²) >= 11 is 1.71. The molecule has 0 saturated heterocycles. The number of phenols is 1. The van der Waals surface area contributed by atoms with E-state index in [4.69, 9.17) is 4.74 Å². The number of allylic oxidation sites excluding steroid dienone is 1. The third-order valence-corrected chi connectivity index (χ3v) is 5.61. The second-order valence-electron chi connectivity index (χ2n) is 5.94. The fraction of sp³-hybridized carbons (Fsp3) is 0. The van der Waals surface area contributed by atoms with E-state index in [0.29, 0.717) is 11.3 Å². The number of fused-ring (bicyclic) bond motifs is 4. The van der Waals surface area contributed by atoms with Gasteiger partial charge in [0.05, 0.1) is 5.56 Å². The van der Waals surface area contributed by atoms with Crippen LogP contribution in [0.1, 0.15) is 15.9 Å². The first-order chi connectivity index (χ1) is 12.2. The summed E-state index contributed by atoms with van der Waals surface area (Å²) in [6.07, 6.45) is 1.79. The third-order valence-electron chi connectivity index (χ3n) is 4.37. The summed E-state index contributed by atoms with van der Waals surface area (Å²) in [7, 11) is 0. The minimum Gasteiger partial charge on any atom is -0.508 e. The highest BCUT2D eigenvalue weighted by Crippen LogP contribution is 2.38. The molecule has 1 aliphatic rings. The molecule has 3 nitrogen and oxygen atoms in total. The number of hydrogen-bond acceptors (Lipinski definition) is 4. The number of phenolic OH excluding ortho intramolecular Hbond substituents is 1. The van der Waals surface area contributed by atoms with Gasteiger partial charge in [-0.05, 0) is 29.8 Å². The summed E-state index contributed by atoms with van der Waals surface area (Å²) < 4.78 is 8.03. The van der Waals surface area contributed by atoms with Crippen molar-refractivity contribution in [3.05, 3.63) is 77.5 Å². The van der Waals surface area contributed by atoms with E-state index >= 15 is 0 Å². The average molecular weight is 344 g/mol. The van der Waals surface area contributed by atoms with E-state index in [-0.39, 0.29) is 17.3 Å². The molecule has 2 heterocycles. The van der Waals surface area contributed by atoms with Gasteiger partial charge in [-0.3, -0.25) is 4.79 Å². The Morgan fingerprint density at radius 1 is 0.960 bits per heavy atom. The van der Waals surface area contributed by atoms with E-state index < -0.39 is 0 Å². The Hall–Kier alpha value is -3.11. The van der Waals surface area contributed by atoms with E-state index in [1.807, 2.05) is 24.3 Å². The van der Waals surface area contributed by atoms with Gasteiger partial charge in [0.2, 0.25) is 5.78 Å². The lowest BCUT2D eigenvalue weighted by molar-refractivity contribution is 0.101. The van der Waals surface area contributed by atoms with Crippen LogP contribution in [-0.2, 0) is 0 Å². The molecule has 5 rings (SSSR count). The molecule has 0 aliphatic carbocycles. The van der Waals surface area contributed by atoms with Crippen LogP contribution in [0.25, 0.3) is 26.2 Å². The van der Waals surface area contributed by atoms with Gasteiger partial charge < -0.3 is 9.84 Å². The molecule has 0 unspecified atom stereocenters. The number of benzene rings is 3. The SMILES string of the molecule is O=C1C(=Cc2cccc3c2sc2ccccc23)Oc2cc(O)ccc21. The number of aromatic hydroxyl groups is 1. The van der Waals surface area contributed by atoms with E-state index in [2.05, 4.69) is 18.2 Å². The number of hydrogen-bond donors (Lipinski definition) is 1. The third kappa shape index (κ3) is 2.15. The van der Waals surface area contributed by atoms with E-state index in [9.17, 15) is 9.90 Å². The Labute approximate surface area is 147 Å². The molecular weight excluding hydrogens is 332 g/mol. The van der Waals surface area contributed by atoms with Crippen LogP contribution >= 0.6 is 11.3 Å². The Kier molecular flexibility index (Phi) is 2.96. The molecule has 0 spiro atoms. The number of thiophene rings is 1. The Morgan fingerprint density at radius 3 is 2.72 bits per heavy atom. The number of ketones is 1. The highest BCUT2D eigenvalue weighted by molar-refractivity contribution is 7.26. The van der Waals surface area contributed by atoms with Crippen LogP contribution in [0.3, 0.4) is 0 Å². The summed E-state index contributed by atoms with van der Waals surface area (Å²) in [5, 5.41) is 12.0. The monoisotopic (exact) mass is 344 g/mol. The van der Waals surface area contributed by atoms with E-state index in [1.54, 1.807) is 23.5 Å². The fourth-order valence-corrected chi connectivity index (χ4v) is 4.39. The van der Waals surface area contributed by atoms with Gasteiger partial charge in [0.15, 0.2) is 5.76 Å². The first kappa shape index (κ1) is 14.3. The molecule has 0 bridgehead atoms. The second kappa shape index (κ2) is 5.19. The molecule has 0 amide bonds. The summed E-state index contributed by atoms with van der Waals surface area (Å²) in [6, 6.07) is 18.9. The van der Waals surface area contributed by atoms with Crippen molar-refractivity contribution in [3.8, 4) is 11.5 Å². The number of carbonyl (C=O) groups excluding carboxylic acids is 1. The topological polar surface area (TPSA) is 46.5 Å². The molecule has 0 atom stereocenters. The maximum atomic E-state index is 12.5. The van der Waals surface area contributed by atoms with Crippen LogP contribution in [0, 0.1) is 0 Å². The minimum absolute atomic E-state index is 0.0828. The second-order valence-corrected chi connectivity index (χ2v) is 6.99. The standard InChI is InChI=1S/C21H12O3S/c22-13-8-9-16-17(11-13)24-18(20(16)23)10-12-4-3-6-15-14-5-1-2-7-19(14)25-21(12)15/h1-11,22H. The Balaban J connectivity index is 1.68. The van der Waals surface area contributed by atoms with Gasteiger partial charge in [0, 0.05) is 26.2 Å². The van der Waals surface area contributed by atoms with Crippen LogP contribution < -0.4 is 4.74 Å². The molecule has 120 valence electrons. The Bertz CT molecular complexity index is 1200. The number of carbonyl (C=O) groups is 1. The predicted molar refractivity (Wildman–Crippen MR) is 100 cm³/mol. The van der Waals surface area contributed by atoms with Gasteiger partial charge in [0.25, 0.3) is 0 Å². The first-order valence-electron chi connectivity index (χ1n) is 7.88. The van der Waals surface area contributed by atoms with Gasteiger partial charge in [-0.2, -0.15) is 0 Å². The lowest BCUT2D eigenvalue weighted by atomic mass is 10.1. The predicted octanol–water partition coefficient (Wildman–Crippen LogP) is 5.38. The lowest BCUT2D eigenvalue weighted by Gasteiger charge is -2.00. The summed E-state index contributed by atoms with van der Waals surface area (Å²) in [4.78, 5) is 12.5. The molecule has 1 N–H and O–H groups in total. The van der Waals surface area contributed by atoms with Gasteiger partial charge in [-0.1, -0.05) is 36.4 Å². The quantitative estimate of drug-likeness (QED) is 0.472. The molecule has 0 radical (unpaired) electrons. The minimum atomic E-state index is -0.159. The number of ether oxygens (including phenoxy) is 1. The molecule has 3 aromatic carbocycles. The van der Waals surface area contributed by atoms with Gasteiger partial charge in [-0.15, -0.1) is 11.3 Å². The molecular formula is C21H12O3S. The summed E-state index contributed by atoms with van der Waals surface area (Å²) in [5.74, 6) is 0.609. The Morgan fingerprint density at radius 2 is 1.80 bits per heavy atom. The highest BCUT2D eigenvalue weighted by Gasteiger charge is 2.27. The maximum absolute atomic E-state index is 12.5. The van der Waals surface area contributed by atoms with Gasteiger partial charge in [0.1, 0.15) is 11.5 Å². The van der Waals surface area contributed by atoms with Crippen LogP contribution in [-0.4, -0.2) is 10.9 Å². The summed E-state index contributed by atoms with van der Waals surface area (Å²) in [5.41, 5.74) is 1.44. The van der Waals surface area contributed by atoms with Crippen molar-refractivity contribution in [3.63, 3.8) is 0 Å². The fourth-order valence-electron chi connectivity index (χ4n) is 3.20. The van der Waals surface area contributed by atoms with Crippen molar-refractivity contribution in [2.75, 3.05) is 0 Å². The van der Waals surface area contributed by atoms with Crippen molar-refractivity contribution in [2.45, 2.75) is 0 Å². The van der Waals surface area contributed by atoms with Crippen LogP contribution in [0.2, 0.25) is 0 Å². The number of Topliss-reactive ketones (excluding diaryl/α,β-unsaturated/α-hetero) is 1. The summed E-state index contributed by atoms with van der Waals surface area (Å²) in [6.45, 7) is 0. The molecule has 0 fully saturated rings. The zero-order chi connectivity index (χ0) is 17.0. The smallest absolute Gasteiger partial charge is 0.231 e. The molecule has 1 aliphatic heterocycles. The van der Waals surface area contributed by atoms with Crippen molar-refractivity contribution >= 4 is 43.4 Å². The van der Waals surface area contributed by atoms with E-state index in [0.717, 1.165) is 10.3 Å². The van der Waals surface area contributed by atoms with Crippen molar-refractivity contribution in [2.24, 2.45) is 0 Å². The molecule has 25 heavy (non-hydrogen) atoms. The van der Waals surface area contributed by atoms with Gasteiger partial charge >= 0.3 is 0 Å². The maximum Gasteiger partial charge on any atom is 0.231 e. The van der Waals surface area contributed by atoms with E-state index in [1.165, 1.54) is 27.6 Å². The van der Waals surface area contributed by atoms with Gasteiger partial charge in [-0.25, -0.2) is 0 Å². The van der Waals surface area contributed by atoms with Crippen LogP contribution in [0.5, 0.6) is 11.5 Å². The molecule has 1 aromatic heterocycles. The largest absolute Gasteiger partial charge is 0.508 e. The average Bonchev–Trinajstić information content (AvgIpc) is 3.14. The highest BCUT2D eigenvalue weighted by atomic mass is 32.1.